The van der Waals surface area contributed by atoms with Gasteiger partial charge in [0.05, 0.1) is 18.4 Å². The summed E-state index contributed by atoms with van der Waals surface area (Å²) in [5, 5.41) is 5.59. The zero-order valence-corrected chi connectivity index (χ0v) is 10.4. The van der Waals surface area contributed by atoms with Crippen LogP contribution in [0.2, 0.25) is 5.15 Å². The number of nitrogens with one attached hydrogen (secondary N) is 2. The van der Waals surface area contributed by atoms with Crippen molar-refractivity contribution >= 4 is 23.3 Å². The number of amides is 2. The maximum absolute atomic E-state index is 11.6. The molecule has 1 aromatic rings. The molecule has 1 aliphatic rings. The van der Waals surface area contributed by atoms with Gasteiger partial charge < -0.3 is 20.1 Å². The van der Waals surface area contributed by atoms with Crippen molar-refractivity contribution in [3.05, 3.63) is 23.5 Å². The van der Waals surface area contributed by atoms with Gasteiger partial charge in [-0.2, -0.15) is 0 Å². The van der Waals surface area contributed by atoms with Gasteiger partial charge in [-0.15, -0.1) is 0 Å². The van der Waals surface area contributed by atoms with Crippen molar-refractivity contribution in [3.63, 3.8) is 0 Å². The highest BCUT2D eigenvalue weighted by Crippen LogP contribution is 2.16. The minimum Gasteiger partial charge on any atom is -0.355 e. The van der Waals surface area contributed by atoms with E-state index in [4.69, 9.17) is 21.1 Å². The number of hydrogen-bond acceptors (Lipinski definition) is 4. The molecule has 0 saturated carbocycles. The molecular weight excluding hydrogens is 258 g/mol. The third-order valence-electron chi connectivity index (χ3n) is 2.47. The van der Waals surface area contributed by atoms with Crippen molar-refractivity contribution in [3.8, 4) is 0 Å². The van der Waals surface area contributed by atoms with Crippen LogP contribution in [0.25, 0.3) is 0 Å². The Morgan fingerprint density at radius 1 is 1.61 bits per heavy atom. The highest BCUT2D eigenvalue weighted by atomic mass is 35.5. The van der Waals surface area contributed by atoms with Gasteiger partial charge in [0.15, 0.2) is 5.15 Å². The van der Waals surface area contributed by atoms with E-state index in [0.717, 1.165) is 6.42 Å². The third kappa shape index (κ3) is 3.83. The molecule has 1 aliphatic heterocycles. The summed E-state index contributed by atoms with van der Waals surface area (Å²) < 4.78 is 10.3. The largest absolute Gasteiger partial charge is 0.355 e. The lowest BCUT2D eigenvalue weighted by Crippen LogP contribution is -2.39. The molecule has 7 heteroatoms. The predicted molar refractivity (Wildman–Crippen MR) is 66.6 cm³/mol. The quantitative estimate of drug-likeness (QED) is 0.820. The lowest BCUT2D eigenvalue weighted by molar-refractivity contribution is -0.136. The van der Waals surface area contributed by atoms with Crippen LogP contribution in [0.15, 0.2) is 18.3 Å². The van der Waals surface area contributed by atoms with Gasteiger partial charge in [0, 0.05) is 12.7 Å². The number of rotatable bonds is 3. The van der Waals surface area contributed by atoms with Crippen LogP contribution in [0.4, 0.5) is 10.5 Å². The predicted octanol–water partition coefficient (Wildman–Crippen LogP) is 1.62. The number of aromatic nitrogens is 1. The summed E-state index contributed by atoms with van der Waals surface area (Å²) in [6.45, 7) is 1.37. The number of ether oxygens (including phenoxy) is 2. The maximum Gasteiger partial charge on any atom is 0.319 e. The van der Waals surface area contributed by atoms with Gasteiger partial charge in [0.25, 0.3) is 0 Å². The van der Waals surface area contributed by atoms with E-state index in [1.54, 1.807) is 18.3 Å². The van der Waals surface area contributed by atoms with Crippen LogP contribution in [0, 0.1) is 0 Å². The number of urea groups is 1. The van der Waals surface area contributed by atoms with E-state index < -0.39 is 0 Å². The number of halogens is 1. The molecule has 18 heavy (non-hydrogen) atoms. The Morgan fingerprint density at radius 3 is 3.22 bits per heavy atom. The van der Waals surface area contributed by atoms with E-state index in [2.05, 4.69) is 15.6 Å². The van der Waals surface area contributed by atoms with E-state index in [0.29, 0.717) is 18.8 Å². The minimum absolute atomic E-state index is 0.00568. The van der Waals surface area contributed by atoms with Crippen molar-refractivity contribution in [2.75, 3.05) is 25.3 Å². The van der Waals surface area contributed by atoms with Gasteiger partial charge in [0.1, 0.15) is 6.79 Å². The second kappa shape index (κ2) is 6.53. The van der Waals surface area contributed by atoms with Crippen molar-refractivity contribution in [1.82, 2.24) is 10.3 Å². The highest BCUT2D eigenvalue weighted by Gasteiger charge is 2.15. The molecule has 6 nitrogen and oxygen atoms in total. The molecule has 1 fully saturated rings. The molecular formula is C11H14ClN3O3. The zero-order valence-electron chi connectivity index (χ0n) is 9.69. The first-order valence-corrected chi connectivity index (χ1v) is 5.98. The van der Waals surface area contributed by atoms with Crippen LogP contribution in [0.1, 0.15) is 6.42 Å². The Labute approximate surface area is 110 Å². The maximum atomic E-state index is 11.6. The summed E-state index contributed by atoms with van der Waals surface area (Å²) in [6, 6.07) is 3.04. The molecule has 0 aliphatic carbocycles. The summed E-state index contributed by atoms with van der Waals surface area (Å²) >= 11 is 5.82. The van der Waals surface area contributed by atoms with Gasteiger partial charge in [-0.05, 0) is 18.6 Å². The van der Waals surface area contributed by atoms with Gasteiger partial charge >= 0.3 is 6.03 Å². The molecule has 0 radical (unpaired) electrons. The third-order valence-corrected chi connectivity index (χ3v) is 2.77. The van der Waals surface area contributed by atoms with Crippen LogP contribution in [0.3, 0.4) is 0 Å². The first-order valence-electron chi connectivity index (χ1n) is 5.60. The first kappa shape index (κ1) is 13.1. The molecule has 2 heterocycles. The van der Waals surface area contributed by atoms with Gasteiger partial charge in [0.2, 0.25) is 0 Å². The van der Waals surface area contributed by atoms with E-state index in [1.165, 1.54) is 0 Å². The molecule has 98 valence electrons. The van der Waals surface area contributed by atoms with E-state index in [1.807, 2.05) is 0 Å². The summed E-state index contributed by atoms with van der Waals surface area (Å²) in [4.78, 5) is 15.5. The molecule has 2 amide bonds. The zero-order chi connectivity index (χ0) is 12.8. The van der Waals surface area contributed by atoms with E-state index in [-0.39, 0.29) is 24.1 Å². The molecule has 0 aromatic carbocycles. The monoisotopic (exact) mass is 271 g/mol. The molecule has 1 atom stereocenters. The van der Waals surface area contributed by atoms with Crippen molar-refractivity contribution in [2.24, 2.45) is 0 Å². The SMILES string of the molecule is O=C(NC[C@@H]1CCOCO1)Nc1cccnc1Cl. The molecule has 2 N–H and O–H groups in total. The summed E-state index contributed by atoms with van der Waals surface area (Å²) in [5.41, 5.74) is 0.476. The van der Waals surface area contributed by atoms with Crippen LogP contribution in [-0.2, 0) is 9.47 Å². The second-order valence-corrected chi connectivity index (χ2v) is 4.14. The number of hydrogen-bond donors (Lipinski definition) is 2. The van der Waals surface area contributed by atoms with Crippen molar-refractivity contribution in [1.29, 1.82) is 0 Å². The summed E-state index contributed by atoms with van der Waals surface area (Å²) in [7, 11) is 0. The van der Waals surface area contributed by atoms with E-state index >= 15 is 0 Å². The van der Waals surface area contributed by atoms with Crippen LogP contribution < -0.4 is 10.6 Å². The number of anilines is 1. The number of nitrogens with zero attached hydrogens (tertiary/aromatic N) is 1. The molecule has 1 aromatic heterocycles. The molecule has 0 bridgehead atoms. The summed E-state index contributed by atoms with van der Waals surface area (Å²) in [5.74, 6) is 0. The molecule has 1 saturated heterocycles. The smallest absolute Gasteiger partial charge is 0.319 e. The highest BCUT2D eigenvalue weighted by molar-refractivity contribution is 6.32. The minimum atomic E-state index is -0.333. The fourth-order valence-electron chi connectivity index (χ4n) is 1.51. The lowest BCUT2D eigenvalue weighted by atomic mass is 10.2. The van der Waals surface area contributed by atoms with Gasteiger partial charge in [-0.3, -0.25) is 0 Å². The average Bonchev–Trinajstić information content (AvgIpc) is 2.40. The number of pyridine rings is 1. The molecule has 0 unspecified atom stereocenters. The molecule has 2 rings (SSSR count). The van der Waals surface area contributed by atoms with Crippen molar-refractivity contribution in [2.45, 2.75) is 12.5 Å². The van der Waals surface area contributed by atoms with Crippen molar-refractivity contribution < 1.29 is 14.3 Å². The Balaban J connectivity index is 1.76. The molecule has 0 spiro atoms. The Hall–Kier alpha value is -1.37. The summed E-state index contributed by atoms with van der Waals surface area (Å²) in [6.07, 6.45) is 2.32. The Morgan fingerprint density at radius 2 is 2.50 bits per heavy atom. The lowest BCUT2D eigenvalue weighted by Gasteiger charge is -2.22. The normalized spacial score (nSPS) is 19.3. The topological polar surface area (TPSA) is 72.5 Å². The van der Waals surface area contributed by atoms with Crippen LogP contribution >= 0.6 is 11.6 Å². The first-order chi connectivity index (χ1) is 8.75. The second-order valence-electron chi connectivity index (χ2n) is 3.78. The van der Waals surface area contributed by atoms with Gasteiger partial charge in [-0.25, -0.2) is 9.78 Å². The Kier molecular flexibility index (Phi) is 4.74. The standard InChI is InChI=1S/C11H14ClN3O3/c12-10-9(2-1-4-13-10)15-11(16)14-6-8-3-5-17-7-18-8/h1-2,4,8H,3,5-7H2,(H2,14,15,16)/t8-/m0/s1. The average molecular weight is 272 g/mol. The Bertz CT molecular complexity index is 410. The fraction of sp³-hybridized carbons (Fsp3) is 0.455. The number of carbonyl (C=O) groups is 1. The van der Waals surface area contributed by atoms with Gasteiger partial charge in [-0.1, -0.05) is 11.6 Å². The van der Waals surface area contributed by atoms with Crippen LogP contribution in [-0.4, -0.2) is 37.1 Å². The fourth-order valence-corrected chi connectivity index (χ4v) is 1.68. The van der Waals surface area contributed by atoms with Crippen LogP contribution in [0.5, 0.6) is 0 Å². The van der Waals surface area contributed by atoms with E-state index in [9.17, 15) is 4.79 Å². The number of carbonyl (C=O) groups excluding carboxylic acids is 1.